The molecule has 0 aromatic carbocycles. The van der Waals surface area contributed by atoms with Crippen molar-refractivity contribution in [1.82, 2.24) is 4.90 Å². The molecule has 1 unspecified atom stereocenters. The van der Waals surface area contributed by atoms with Crippen molar-refractivity contribution in [3.8, 4) is 0 Å². The van der Waals surface area contributed by atoms with E-state index in [4.69, 9.17) is 15.7 Å². The van der Waals surface area contributed by atoms with Gasteiger partial charge in [-0.1, -0.05) is 18.0 Å². The van der Waals surface area contributed by atoms with Crippen molar-refractivity contribution >= 4 is 11.9 Å². The van der Waals surface area contributed by atoms with Gasteiger partial charge in [-0.05, 0) is 33.6 Å². The van der Waals surface area contributed by atoms with E-state index >= 15 is 0 Å². The SMILES string of the molecule is CC(C)(C)OC(=O)N1CCCCCC1/C(N)=N/O. The fourth-order valence-corrected chi connectivity index (χ4v) is 2.02. The molecule has 1 amide bonds. The van der Waals surface area contributed by atoms with Gasteiger partial charge in [-0.25, -0.2) is 4.79 Å². The monoisotopic (exact) mass is 257 g/mol. The van der Waals surface area contributed by atoms with Gasteiger partial charge in [0, 0.05) is 6.54 Å². The molecule has 1 rings (SSSR count). The lowest BCUT2D eigenvalue weighted by atomic mass is 10.1. The minimum absolute atomic E-state index is 0.0720. The molecule has 1 aliphatic rings. The first-order valence-corrected chi connectivity index (χ1v) is 6.32. The predicted octanol–water partition coefficient (Wildman–Crippen LogP) is 1.91. The minimum Gasteiger partial charge on any atom is -0.444 e. The van der Waals surface area contributed by atoms with Crippen LogP contribution in [0.1, 0.15) is 46.5 Å². The molecule has 1 fully saturated rings. The molecule has 1 aliphatic heterocycles. The van der Waals surface area contributed by atoms with Gasteiger partial charge in [-0.2, -0.15) is 0 Å². The molecule has 0 radical (unpaired) electrons. The van der Waals surface area contributed by atoms with Crippen LogP contribution in [0.25, 0.3) is 0 Å². The smallest absolute Gasteiger partial charge is 0.410 e. The fourth-order valence-electron chi connectivity index (χ4n) is 2.02. The number of ether oxygens (including phenoxy) is 1. The van der Waals surface area contributed by atoms with Crippen LogP contribution in [0.3, 0.4) is 0 Å². The summed E-state index contributed by atoms with van der Waals surface area (Å²) >= 11 is 0. The normalized spacial score (nSPS) is 22.5. The third-order valence-corrected chi connectivity index (χ3v) is 2.84. The molecule has 104 valence electrons. The van der Waals surface area contributed by atoms with Crippen LogP contribution in [0.5, 0.6) is 0 Å². The van der Waals surface area contributed by atoms with Crippen molar-refractivity contribution in [2.75, 3.05) is 6.54 Å². The lowest BCUT2D eigenvalue weighted by molar-refractivity contribution is 0.0216. The molecule has 1 saturated heterocycles. The molecule has 0 saturated carbocycles. The first kappa shape index (κ1) is 14.6. The van der Waals surface area contributed by atoms with E-state index in [1.54, 1.807) is 4.90 Å². The van der Waals surface area contributed by atoms with Crippen LogP contribution in [-0.4, -0.2) is 40.2 Å². The van der Waals surface area contributed by atoms with Crippen LogP contribution < -0.4 is 5.73 Å². The third kappa shape index (κ3) is 4.09. The number of amides is 1. The zero-order valence-electron chi connectivity index (χ0n) is 11.3. The first-order chi connectivity index (χ1) is 8.35. The quantitative estimate of drug-likeness (QED) is 0.325. The summed E-state index contributed by atoms with van der Waals surface area (Å²) in [5.74, 6) is 0.0720. The molecule has 1 heterocycles. The number of likely N-dealkylation sites (tertiary alicyclic amines) is 1. The Kier molecular flexibility index (Phi) is 4.81. The Morgan fingerprint density at radius 1 is 1.39 bits per heavy atom. The number of nitrogens with zero attached hydrogens (tertiary/aromatic N) is 2. The molecule has 3 N–H and O–H groups in total. The molecule has 0 spiro atoms. The molecular weight excluding hydrogens is 234 g/mol. The summed E-state index contributed by atoms with van der Waals surface area (Å²) in [5, 5.41) is 11.8. The maximum Gasteiger partial charge on any atom is 0.410 e. The number of nitrogens with two attached hydrogens (primary N) is 1. The van der Waals surface area contributed by atoms with Gasteiger partial charge < -0.3 is 15.7 Å². The fraction of sp³-hybridized carbons (Fsp3) is 0.833. The molecule has 0 bridgehead atoms. The van der Waals surface area contributed by atoms with E-state index in [0.29, 0.717) is 13.0 Å². The molecule has 1 atom stereocenters. The predicted molar refractivity (Wildman–Crippen MR) is 68.6 cm³/mol. The summed E-state index contributed by atoms with van der Waals surface area (Å²) in [6, 6.07) is -0.368. The average Bonchev–Trinajstić information content (AvgIpc) is 2.50. The third-order valence-electron chi connectivity index (χ3n) is 2.84. The topological polar surface area (TPSA) is 88.2 Å². The highest BCUT2D eigenvalue weighted by Gasteiger charge is 2.31. The number of hydrogen-bond donors (Lipinski definition) is 2. The molecular formula is C12H23N3O3. The summed E-state index contributed by atoms with van der Waals surface area (Å²) in [4.78, 5) is 13.7. The molecule has 6 nitrogen and oxygen atoms in total. The van der Waals surface area contributed by atoms with Gasteiger partial charge in [-0.15, -0.1) is 0 Å². The Labute approximate surface area is 108 Å². The lowest BCUT2D eigenvalue weighted by Gasteiger charge is -2.31. The Hall–Kier alpha value is -1.46. The highest BCUT2D eigenvalue weighted by Crippen LogP contribution is 2.20. The van der Waals surface area contributed by atoms with E-state index in [-0.39, 0.29) is 11.9 Å². The van der Waals surface area contributed by atoms with E-state index in [1.807, 2.05) is 20.8 Å². The van der Waals surface area contributed by atoms with Crippen molar-refractivity contribution < 1.29 is 14.7 Å². The van der Waals surface area contributed by atoms with Crippen LogP contribution in [0.15, 0.2) is 5.16 Å². The second kappa shape index (κ2) is 5.93. The molecule has 0 aromatic heterocycles. The second-order valence-electron chi connectivity index (χ2n) is 5.56. The molecule has 18 heavy (non-hydrogen) atoms. The van der Waals surface area contributed by atoms with Gasteiger partial charge in [0.15, 0.2) is 5.84 Å². The lowest BCUT2D eigenvalue weighted by Crippen LogP contribution is -2.49. The van der Waals surface area contributed by atoms with Crippen LogP contribution in [0, 0.1) is 0 Å². The number of carbonyl (C=O) groups excluding carboxylic acids is 1. The summed E-state index contributed by atoms with van der Waals surface area (Å²) in [7, 11) is 0. The van der Waals surface area contributed by atoms with E-state index in [0.717, 1.165) is 19.3 Å². The first-order valence-electron chi connectivity index (χ1n) is 6.32. The number of hydrogen-bond acceptors (Lipinski definition) is 4. The highest BCUT2D eigenvalue weighted by atomic mass is 16.6. The largest absolute Gasteiger partial charge is 0.444 e. The Balaban J connectivity index is 2.82. The van der Waals surface area contributed by atoms with Gasteiger partial charge in [0.2, 0.25) is 0 Å². The van der Waals surface area contributed by atoms with Crippen molar-refractivity contribution in [3.05, 3.63) is 0 Å². The number of carbonyl (C=O) groups is 1. The average molecular weight is 257 g/mol. The highest BCUT2D eigenvalue weighted by molar-refractivity contribution is 5.88. The number of amidine groups is 1. The summed E-state index contributed by atoms with van der Waals surface area (Å²) in [5.41, 5.74) is 5.12. The van der Waals surface area contributed by atoms with Crippen LogP contribution >= 0.6 is 0 Å². The molecule has 0 aliphatic carbocycles. The Morgan fingerprint density at radius 3 is 2.61 bits per heavy atom. The summed E-state index contributed by atoms with van der Waals surface area (Å²) in [6.07, 6.45) is 3.21. The Morgan fingerprint density at radius 2 is 2.06 bits per heavy atom. The maximum absolute atomic E-state index is 12.1. The van der Waals surface area contributed by atoms with Crippen molar-refractivity contribution in [1.29, 1.82) is 0 Å². The van der Waals surface area contributed by atoms with Gasteiger partial charge in [0.05, 0.1) is 6.04 Å². The van der Waals surface area contributed by atoms with Crippen LogP contribution in [0.4, 0.5) is 4.79 Å². The minimum atomic E-state index is -0.543. The molecule has 0 aromatic rings. The van der Waals surface area contributed by atoms with Gasteiger partial charge >= 0.3 is 6.09 Å². The van der Waals surface area contributed by atoms with E-state index in [2.05, 4.69) is 5.16 Å². The number of oxime groups is 1. The second-order valence-corrected chi connectivity index (χ2v) is 5.56. The maximum atomic E-state index is 12.1. The van der Waals surface area contributed by atoms with Crippen molar-refractivity contribution in [2.24, 2.45) is 10.9 Å². The Bertz CT molecular complexity index is 323. The molecule has 6 heteroatoms. The summed E-state index contributed by atoms with van der Waals surface area (Å²) in [6.45, 7) is 6.04. The van der Waals surface area contributed by atoms with E-state index in [9.17, 15) is 4.79 Å². The van der Waals surface area contributed by atoms with Crippen LogP contribution in [0.2, 0.25) is 0 Å². The van der Waals surface area contributed by atoms with Gasteiger partial charge in [0.25, 0.3) is 0 Å². The van der Waals surface area contributed by atoms with Crippen LogP contribution in [-0.2, 0) is 4.74 Å². The van der Waals surface area contributed by atoms with Gasteiger partial charge in [0.1, 0.15) is 5.60 Å². The van der Waals surface area contributed by atoms with Gasteiger partial charge in [-0.3, -0.25) is 4.90 Å². The standard InChI is InChI=1S/C12H23N3O3/c1-12(2,3)18-11(16)15-8-6-4-5-7-9(15)10(13)14-17/h9,17H,4-8H2,1-3H3,(H2,13,14). The number of rotatable bonds is 1. The van der Waals surface area contributed by atoms with E-state index in [1.165, 1.54) is 0 Å². The van der Waals surface area contributed by atoms with Crippen molar-refractivity contribution in [2.45, 2.75) is 58.1 Å². The zero-order chi connectivity index (χ0) is 13.8. The summed E-state index contributed by atoms with van der Waals surface area (Å²) < 4.78 is 5.35. The zero-order valence-corrected chi connectivity index (χ0v) is 11.3. The van der Waals surface area contributed by atoms with Crippen molar-refractivity contribution in [3.63, 3.8) is 0 Å². The van der Waals surface area contributed by atoms with E-state index < -0.39 is 11.7 Å².